The number of hydrogen-bond acceptors (Lipinski definition) is 5. The number of ether oxygens (including phenoxy) is 1. The predicted molar refractivity (Wildman–Crippen MR) is 134 cm³/mol. The summed E-state index contributed by atoms with van der Waals surface area (Å²) < 4.78 is 44.5. The molecular formula is C25H16Cl2F3N3O3. The van der Waals surface area contributed by atoms with E-state index in [0.717, 1.165) is 28.5 Å². The Bertz CT molecular complexity index is 1450. The lowest BCUT2D eigenvalue weighted by molar-refractivity contribution is -0.384. The molecule has 0 fully saturated rings. The molecule has 0 aromatic heterocycles. The van der Waals surface area contributed by atoms with E-state index in [1.807, 2.05) is 42.5 Å². The minimum absolute atomic E-state index is 0.212. The molecule has 1 N–H and O–H groups in total. The lowest BCUT2D eigenvalue weighted by Gasteiger charge is -2.12. The largest absolute Gasteiger partial charge is 0.486 e. The summed E-state index contributed by atoms with van der Waals surface area (Å²) in [4.78, 5) is 10.3. The Hall–Kier alpha value is -3.82. The number of hydrazone groups is 1. The maximum atomic E-state index is 12.9. The van der Waals surface area contributed by atoms with Crippen LogP contribution in [0.25, 0.3) is 10.8 Å². The normalized spacial score (nSPS) is 11.7. The average Bonchev–Trinajstić information content (AvgIpc) is 2.83. The molecule has 36 heavy (non-hydrogen) atoms. The quantitative estimate of drug-likeness (QED) is 0.148. The van der Waals surface area contributed by atoms with Gasteiger partial charge in [0.15, 0.2) is 5.75 Å². The Kier molecular flexibility index (Phi) is 7.32. The lowest BCUT2D eigenvalue weighted by Crippen LogP contribution is -2.06. The van der Waals surface area contributed by atoms with E-state index >= 15 is 0 Å². The molecule has 184 valence electrons. The van der Waals surface area contributed by atoms with Crippen LogP contribution in [-0.4, -0.2) is 11.1 Å². The standard InChI is InChI=1S/C25H16Cl2F3N3O3/c26-20-10-15(13-31-32-22-9-8-18(25(28,29)30)12-23(22)33(34)35)11-21(27)24(20)36-14-17-6-3-5-16-4-1-2-7-19(16)17/h1-13,32H,14H2/b31-13-. The van der Waals surface area contributed by atoms with E-state index in [1.54, 1.807) is 0 Å². The molecule has 0 aliphatic heterocycles. The number of nitrogens with zero attached hydrogens (tertiary/aromatic N) is 2. The molecule has 4 rings (SSSR count). The van der Waals surface area contributed by atoms with E-state index in [0.29, 0.717) is 11.6 Å². The second kappa shape index (κ2) is 10.4. The van der Waals surface area contributed by atoms with Crippen LogP contribution < -0.4 is 10.2 Å². The fourth-order valence-corrected chi connectivity index (χ4v) is 4.10. The van der Waals surface area contributed by atoms with Crippen molar-refractivity contribution in [2.75, 3.05) is 5.43 Å². The van der Waals surface area contributed by atoms with E-state index < -0.39 is 22.4 Å². The van der Waals surface area contributed by atoms with Crippen molar-refractivity contribution < 1.29 is 22.8 Å². The van der Waals surface area contributed by atoms with Crippen LogP contribution in [0.2, 0.25) is 10.0 Å². The summed E-state index contributed by atoms with van der Waals surface area (Å²) in [5.74, 6) is 0.273. The van der Waals surface area contributed by atoms with Crippen LogP contribution in [0.1, 0.15) is 16.7 Å². The zero-order chi connectivity index (χ0) is 25.9. The number of halogens is 5. The molecule has 0 heterocycles. The predicted octanol–water partition coefficient (Wildman–Crippen LogP) is 8.10. The number of rotatable bonds is 7. The number of nitrogens with one attached hydrogen (secondary N) is 1. The van der Waals surface area contributed by atoms with E-state index in [4.69, 9.17) is 27.9 Å². The molecule has 0 unspecified atom stereocenters. The highest BCUT2D eigenvalue weighted by molar-refractivity contribution is 6.37. The zero-order valence-corrected chi connectivity index (χ0v) is 19.7. The fraction of sp³-hybridized carbons (Fsp3) is 0.0800. The summed E-state index contributed by atoms with van der Waals surface area (Å²) in [6, 6.07) is 18.9. The van der Waals surface area contributed by atoms with Gasteiger partial charge in [-0.15, -0.1) is 0 Å². The molecule has 4 aromatic carbocycles. The highest BCUT2D eigenvalue weighted by Gasteiger charge is 2.33. The van der Waals surface area contributed by atoms with Gasteiger partial charge in [0, 0.05) is 6.07 Å². The second-order valence-electron chi connectivity index (χ2n) is 7.60. The van der Waals surface area contributed by atoms with E-state index in [1.165, 1.54) is 18.3 Å². The van der Waals surface area contributed by atoms with Crippen molar-refractivity contribution in [1.82, 2.24) is 0 Å². The fourth-order valence-electron chi connectivity index (χ4n) is 3.49. The van der Waals surface area contributed by atoms with Gasteiger partial charge in [-0.3, -0.25) is 15.5 Å². The monoisotopic (exact) mass is 533 g/mol. The van der Waals surface area contributed by atoms with Crippen LogP contribution in [0.4, 0.5) is 24.5 Å². The first-order valence-corrected chi connectivity index (χ1v) is 11.1. The minimum atomic E-state index is -4.71. The summed E-state index contributed by atoms with van der Waals surface area (Å²) in [6.45, 7) is 0.230. The third-order valence-corrected chi connectivity index (χ3v) is 5.75. The third-order valence-electron chi connectivity index (χ3n) is 5.19. The topological polar surface area (TPSA) is 76.8 Å². The Morgan fingerprint density at radius 1 is 1.00 bits per heavy atom. The van der Waals surface area contributed by atoms with Crippen LogP contribution in [0.3, 0.4) is 0 Å². The van der Waals surface area contributed by atoms with Crippen LogP contribution in [-0.2, 0) is 12.8 Å². The number of nitro benzene ring substituents is 1. The van der Waals surface area contributed by atoms with Crippen molar-refractivity contribution in [3.8, 4) is 5.75 Å². The number of alkyl halides is 3. The van der Waals surface area contributed by atoms with Gasteiger partial charge in [0.25, 0.3) is 5.69 Å². The van der Waals surface area contributed by atoms with Crippen molar-refractivity contribution >= 4 is 51.6 Å². The molecule has 0 radical (unpaired) electrons. The Morgan fingerprint density at radius 2 is 1.69 bits per heavy atom. The van der Waals surface area contributed by atoms with Crippen molar-refractivity contribution in [1.29, 1.82) is 0 Å². The molecule has 0 bridgehead atoms. The Labute approximate surface area is 213 Å². The van der Waals surface area contributed by atoms with Gasteiger partial charge in [-0.2, -0.15) is 18.3 Å². The van der Waals surface area contributed by atoms with Gasteiger partial charge in [-0.25, -0.2) is 0 Å². The molecule has 0 amide bonds. The van der Waals surface area contributed by atoms with Gasteiger partial charge in [0.05, 0.1) is 26.7 Å². The van der Waals surface area contributed by atoms with Crippen LogP contribution in [0.15, 0.2) is 77.9 Å². The van der Waals surface area contributed by atoms with Crippen molar-refractivity contribution in [2.24, 2.45) is 5.10 Å². The molecule has 0 atom stereocenters. The summed E-state index contributed by atoms with van der Waals surface area (Å²) in [5, 5.41) is 17.6. The molecule has 0 aliphatic rings. The smallest absolute Gasteiger partial charge is 0.416 e. The average molecular weight is 534 g/mol. The van der Waals surface area contributed by atoms with Gasteiger partial charge in [-0.05, 0) is 46.2 Å². The molecular weight excluding hydrogens is 518 g/mol. The van der Waals surface area contributed by atoms with Gasteiger partial charge in [-0.1, -0.05) is 65.7 Å². The third kappa shape index (κ3) is 5.69. The number of benzene rings is 4. The molecule has 0 saturated carbocycles. The van der Waals surface area contributed by atoms with Gasteiger partial charge in [0.1, 0.15) is 12.3 Å². The number of anilines is 1. The summed E-state index contributed by atoms with van der Waals surface area (Å²) in [6.07, 6.45) is -3.44. The van der Waals surface area contributed by atoms with Crippen LogP contribution >= 0.6 is 23.2 Å². The molecule has 4 aromatic rings. The van der Waals surface area contributed by atoms with Gasteiger partial charge < -0.3 is 4.74 Å². The summed E-state index contributed by atoms with van der Waals surface area (Å²) in [7, 11) is 0. The summed E-state index contributed by atoms with van der Waals surface area (Å²) in [5.41, 5.74) is 1.65. The number of fused-ring (bicyclic) bond motifs is 1. The molecule has 0 saturated heterocycles. The van der Waals surface area contributed by atoms with Gasteiger partial charge >= 0.3 is 6.18 Å². The van der Waals surface area contributed by atoms with Gasteiger partial charge in [0.2, 0.25) is 0 Å². The van der Waals surface area contributed by atoms with Crippen molar-refractivity contribution in [3.63, 3.8) is 0 Å². The first-order chi connectivity index (χ1) is 17.1. The minimum Gasteiger partial charge on any atom is -0.486 e. The number of nitro groups is 1. The molecule has 6 nitrogen and oxygen atoms in total. The van der Waals surface area contributed by atoms with E-state index in [2.05, 4.69) is 10.5 Å². The van der Waals surface area contributed by atoms with E-state index in [-0.39, 0.29) is 28.1 Å². The SMILES string of the molecule is O=[N+]([O-])c1cc(C(F)(F)F)ccc1N/N=C\c1cc(Cl)c(OCc2cccc3ccccc23)c(Cl)c1. The molecule has 11 heteroatoms. The van der Waals surface area contributed by atoms with Crippen LogP contribution in [0.5, 0.6) is 5.75 Å². The highest BCUT2D eigenvalue weighted by atomic mass is 35.5. The molecule has 0 spiro atoms. The Balaban J connectivity index is 1.49. The van der Waals surface area contributed by atoms with E-state index in [9.17, 15) is 23.3 Å². The lowest BCUT2D eigenvalue weighted by atomic mass is 10.1. The van der Waals surface area contributed by atoms with Crippen molar-refractivity contribution in [2.45, 2.75) is 12.8 Å². The van der Waals surface area contributed by atoms with Crippen LogP contribution in [0, 0.1) is 10.1 Å². The number of hydrogen-bond donors (Lipinski definition) is 1. The zero-order valence-electron chi connectivity index (χ0n) is 18.2. The first kappa shape index (κ1) is 25.3. The highest BCUT2D eigenvalue weighted by Crippen LogP contribution is 2.36. The summed E-state index contributed by atoms with van der Waals surface area (Å²) >= 11 is 12.7. The molecule has 0 aliphatic carbocycles. The maximum Gasteiger partial charge on any atom is 0.416 e. The second-order valence-corrected chi connectivity index (χ2v) is 8.41. The first-order valence-electron chi connectivity index (χ1n) is 10.4. The maximum absolute atomic E-state index is 12.9. The Morgan fingerprint density at radius 3 is 2.39 bits per heavy atom. The van der Waals surface area contributed by atoms with Crippen molar-refractivity contribution in [3.05, 3.63) is 110 Å².